The lowest BCUT2D eigenvalue weighted by atomic mass is 9.80. The number of carbonyl (C=O) groups excluding carboxylic acids is 2. The Morgan fingerprint density at radius 1 is 0.871 bits per heavy atom. The monoisotopic (exact) mass is 422 g/mol. The minimum absolute atomic E-state index is 0.0628. The quantitative estimate of drug-likeness (QED) is 0.727. The fourth-order valence-corrected chi connectivity index (χ4v) is 4.99. The summed E-state index contributed by atoms with van der Waals surface area (Å²) in [5, 5.41) is 3.37. The Morgan fingerprint density at radius 3 is 2.16 bits per heavy atom. The first kappa shape index (κ1) is 21.5. The van der Waals surface area contributed by atoms with Crippen molar-refractivity contribution in [1.82, 2.24) is 10.2 Å². The van der Waals surface area contributed by atoms with Crippen LogP contribution in [0.2, 0.25) is 0 Å². The molecule has 2 aromatic carbocycles. The van der Waals surface area contributed by atoms with Crippen molar-refractivity contribution in [1.29, 1.82) is 0 Å². The molecule has 2 aliphatic rings. The van der Waals surface area contributed by atoms with E-state index >= 15 is 0 Å². The van der Waals surface area contributed by atoms with Crippen molar-refractivity contribution in [3.05, 3.63) is 71.5 Å². The average molecular weight is 423 g/mol. The van der Waals surface area contributed by atoms with Gasteiger partial charge in [-0.25, -0.2) is 4.39 Å². The van der Waals surface area contributed by atoms with Crippen molar-refractivity contribution in [3.8, 4) is 0 Å². The fraction of sp³-hybridized carbons (Fsp3) is 0.462. The predicted molar refractivity (Wildman–Crippen MR) is 119 cm³/mol. The number of benzene rings is 2. The number of piperidine rings is 1. The van der Waals surface area contributed by atoms with Crippen LogP contribution in [0.5, 0.6) is 0 Å². The molecule has 1 saturated heterocycles. The van der Waals surface area contributed by atoms with Gasteiger partial charge >= 0.3 is 0 Å². The summed E-state index contributed by atoms with van der Waals surface area (Å²) in [5.41, 5.74) is 1.68. The van der Waals surface area contributed by atoms with Gasteiger partial charge in [0.15, 0.2) is 0 Å². The first-order chi connectivity index (χ1) is 15.1. The second kappa shape index (κ2) is 10.1. The summed E-state index contributed by atoms with van der Waals surface area (Å²) in [6.45, 7) is 1.10. The number of carbonyl (C=O) groups is 2. The predicted octanol–water partition coefficient (Wildman–Crippen LogP) is 5.12. The van der Waals surface area contributed by atoms with Crippen molar-refractivity contribution in [2.75, 3.05) is 13.1 Å². The number of hydrogen-bond donors (Lipinski definition) is 1. The Hall–Kier alpha value is -2.69. The van der Waals surface area contributed by atoms with Crippen LogP contribution in [0.3, 0.4) is 0 Å². The first-order valence-electron chi connectivity index (χ1n) is 11.5. The lowest BCUT2D eigenvalue weighted by Crippen LogP contribution is -2.44. The van der Waals surface area contributed by atoms with E-state index in [2.05, 4.69) is 17.4 Å². The zero-order valence-electron chi connectivity index (χ0n) is 17.9. The summed E-state index contributed by atoms with van der Waals surface area (Å²) in [7, 11) is 0. The number of nitrogens with one attached hydrogen (secondary N) is 1. The second-order valence-corrected chi connectivity index (χ2v) is 8.87. The maximum atomic E-state index is 13.2. The Morgan fingerprint density at radius 2 is 1.52 bits per heavy atom. The lowest BCUT2D eigenvalue weighted by molar-refractivity contribution is -0.127. The minimum Gasteiger partial charge on any atom is -0.349 e. The third-order valence-corrected chi connectivity index (χ3v) is 6.82. The lowest BCUT2D eigenvalue weighted by Gasteiger charge is -2.35. The molecule has 0 spiro atoms. The number of hydrogen-bond acceptors (Lipinski definition) is 2. The Balaban J connectivity index is 1.36. The summed E-state index contributed by atoms with van der Waals surface area (Å²) in [5.74, 6) is 0.0710. The molecule has 1 atom stereocenters. The Kier molecular flexibility index (Phi) is 7.00. The molecule has 164 valence electrons. The molecule has 0 bridgehead atoms. The number of nitrogens with zero attached hydrogens (tertiary/aromatic N) is 1. The fourth-order valence-electron chi connectivity index (χ4n) is 4.99. The molecular formula is C26H31FN2O2. The molecule has 0 radical (unpaired) electrons. The van der Waals surface area contributed by atoms with Crippen molar-refractivity contribution >= 4 is 11.8 Å². The van der Waals surface area contributed by atoms with E-state index in [1.807, 2.05) is 18.2 Å². The van der Waals surface area contributed by atoms with Crippen LogP contribution in [-0.2, 0) is 4.79 Å². The smallest absolute Gasteiger partial charge is 0.253 e. The topological polar surface area (TPSA) is 49.4 Å². The van der Waals surface area contributed by atoms with E-state index in [9.17, 15) is 14.0 Å². The molecule has 1 N–H and O–H groups in total. The number of rotatable bonds is 5. The highest BCUT2D eigenvalue weighted by Crippen LogP contribution is 2.35. The largest absolute Gasteiger partial charge is 0.349 e. The summed E-state index contributed by atoms with van der Waals surface area (Å²) in [6.07, 6.45) is 7.37. The van der Waals surface area contributed by atoms with Crippen LogP contribution in [0.1, 0.15) is 66.9 Å². The van der Waals surface area contributed by atoms with Gasteiger partial charge in [-0.15, -0.1) is 0 Å². The van der Waals surface area contributed by atoms with E-state index in [4.69, 9.17) is 0 Å². The summed E-state index contributed by atoms with van der Waals surface area (Å²) < 4.78 is 13.1. The highest BCUT2D eigenvalue weighted by atomic mass is 19.1. The zero-order valence-corrected chi connectivity index (χ0v) is 17.9. The van der Waals surface area contributed by atoms with Gasteiger partial charge in [-0.05, 0) is 61.4 Å². The third-order valence-electron chi connectivity index (χ3n) is 6.82. The van der Waals surface area contributed by atoms with Gasteiger partial charge in [0.2, 0.25) is 5.91 Å². The molecule has 2 amide bonds. The van der Waals surface area contributed by atoms with E-state index in [1.54, 1.807) is 4.90 Å². The van der Waals surface area contributed by atoms with Gasteiger partial charge in [0.1, 0.15) is 5.82 Å². The van der Waals surface area contributed by atoms with Gasteiger partial charge in [-0.1, -0.05) is 49.6 Å². The maximum absolute atomic E-state index is 13.2. The van der Waals surface area contributed by atoms with Crippen molar-refractivity contribution in [3.63, 3.8) is 0 Å². The standard InChI is InChI=1S/C26H31FN2O2/c27-23-13-11-22(12-14-23)26(31)29-17-15-21(16-18-29)25(30)28-24(19-7-3-1-4-8-19)20-9-5-2-6-10-20/h1,3-4,7-8,11-14,20-21,24H,2,5-6,9-10,15-18H2,(H,28,30). The van der Waals surface area contributed by atoms with Gasteiger partial charge < -0.3 is 10.2 Å². The van der Waals surface area contributed by atoms with E-state index in [-0.39, 0.29) is 29.6 Å². The van der Waals surface area contributed by atoms with Crippen LogP contribution in [0.15, 0.2) is 54.6 Å². The molecule has 5 heteroatoms. The maximum Gasteiger partial charge on any atom is 0.253 e. The normalized spacial score (nSPS) is 19.1. The number of likely N-dealkylation sites (tertiary alicyclic amines) is 1. The summed E-state index contributed by atoms with van der Waals surface area (Å²) in [4.78, 5) is 27.6. The summed E-state index contributed by atoms with van der Waals surface area (Å²) in [6, 6.07) is 16.0. The highest BCUT2D eigenvalue weighted by Gasteiger charge is 2.32. The molecule has 2 fully saturated rings. The van der Waals surface area contributed by atoms with Crippen molar-refractivity contribution in [2.24, 2.45) is 11.8 Å². The Bertz CT molecular complexity index is 870. The van der Waals surface area contributed by atoms with E-state index in [1.165, 1.54) is 49.1 Å². The zero-order chi connectivity index (χ0) is 21.6. The van der Waals surface area contributed by atoms with Gasteiger partial charge in [0, 0.05) is 24.6 Å². The van der Waals surface area contributed by atoms with Crippen molar-refractivity contribution < 1.29 is 14.0 Å². The molecule has 1 aliphatic carbocycles. The summed E-state index contributed by atoms with van der Waals surface area (Å²) >= 11 is 0. The minimum atomic E-state index is -0.349. The molecule has 1 heterocycles. The van der Waals surface area contributed by atoms with Gasteiger partial charge in [0.05, 0.1) is 6.04 Å². The second-order valence-electron chi connectivity index (χ2n) is 8.87. The van der Waals surface area contributed by atoms with Gasteiger partial charge in [-0.2, -0.15) is 0 Å². The molecule has 4 rings (SSSR count). The molecule has 1 aliphatic heterocycles. The van der Waals surface area contributed by atoms with Crippen LogP contribution in [-0.4, -0.2) is 29.8 Å². The molecule has 31 heavy (non-hydrogen) atoms. The number of amides is 2. The van der Waals surface area contributed by atoms with Crippen LogP contribution in [0.4, 0.5) is 4.39 Å². The third kappa shape index (κ3) is 5.33. The first-order valence-corrected chi connectivity index (χ1v) is 11.5. The molecule has 1 saturated carbocycles. The van der Waals surface area contributed by atoms with E-state index in [0.717, 1.165) is 12.8 Å². The SMILES string of the molecule is O=C(NC(c1ccccc1)C1CCCCC1)C1CCN(C(=O)c2ccc(F)cc2)CC1. The van der Waals surface area contributed by atoms with Crippen LogP contribution in [0.25, 0.3) is 0 Å². The Labute approximate surface area is 183 Å². The highest BCUT2D eigenvalue weighted by molar-refractivity contribution is 5.94. The van der Waals surface area contributed by atoms with Crippen LogP contribution >= 0.6 is 0 Å². The van der Waals surface area contributed by atoms with Gasteiger partial charge in [0.25, 0.3) is 5.91 Å². The number of halogens is 1. The van der Waals surface area contributed by atoms with Crippen LogP contribution < -0.4 is 5.32 Å². The molecule has 1 unspecified atom stereocenters. The van der Waals surface area contributed by atoms with Gasteiger partial charge in [-0.3, -0.25) is 9.59 Å². The molecule has 0 aromatic heterocycles. The van der Waals surface area contributed by atoms with E-state index < -0.39 is 0 Å². The van der Waals surface area contributed by atoms with Crippen molar-refractivity contribution in [2.45, 2.75) is 51.0 Å². The molecular weight excluding hydrogens is 391 g/mol. The van der Waals surface area contributed by atoms with Crippen LogP contribution in [0, 0.1) is 17.7 Å². The molecule has 4 nitrogen and oxygen atoms in total. The van der Waals surface area contributed by atoms with E-state index in [0.29, 0.717) is 37.4 Å². The molecule has 2 aromatic rings. The average Bonchev–Trinajstić information content (AvgIpc) is 2.83.